The Hall–Kier alpha value is -1.79. The molecule has 0 unspecified atom stereocenters. The van der Waals surface area contributed by atoms with Crippen molar-refractivity contribution in [2.75, 3.05) is 0 Å². The molecular formula is C12H9F2NO2S. The molecule has 0 saturated carbocycles. The molecule has 2 rings (SSSR count). The first-order valence-electron chi connectivity index (χ1n) is 4.96. The second-order valence-electron chi connectivity index (χ2n) is 3.69. The summed E-state index contributed by atoms with van der Waals surface area (Å²) in [5, 5.41) is 4.94. The minimum atomic E-state index is -3.77. The van der Waals surface area contributed by atoms with Crippen molar-refractivity contribution in [1.29, 1.82) is 0 Å². The molecule has 2 aromatic rings. The van der Waals surface area contributed by atoms with Gasteiger partial charge in [-0.25, -0.2) is 22.3 Å². The van der Waals surface area contributed by atoms with Crippen molar-refractivity contribution in [2.45, 2.75) is 4.90 Å². The van der Waals surface area contributed by atoms with Gasteiger partial charge in [0, 0.05) is 11.6 Å². The molecule has 6 heteroatoms. The maximum Gasteiger partial charge on any atom is 0.238 e. The fourth-order valence-electron chi connectivity index (χ4n) is 1.55. The Labute approximate surface area is 103 Å². The normalized spacial score (nSPS) is 11.5. The lowest BCUT2D eigenvalue weighted by Gasteiger charge is -2.04. The number of primary sulfonamides is 1. The van der Waals surface area contributed by atoms with Crippen LogP contribution >= 0.6 is 0 Å². The van der Waals surface area contributed by atoms with Crippen molar-refractivity contribution in [3.8, 4) is 11.1 Å². The summed E-state index contributed by atoms with van der Waals surface area (Å²) >= 11 is 0. The predicted molar refractivity (Wildman–Crippen MR) is 63.2 cm³/mol. The van der Waals surface area contributed by atoms with Gasteiger partial charge < -0.3 is 0 Å². The monoisotopic (exact) mass is 269 g/mol. The lowest BCUT2D eigenvalue weighted by atomic mass is 10.1. The van der Waals surface area contributed by atoms with E-state index in [4.69, 9.17) is 5.14 Å². The average molecular weight is 269 g/mol. The van der Waals surface area contributed by atoms with E-state index in [0.29, 0.717) is 5.56 Å². The maximum absolute atomic E-state index is 13.5. The molecule has 3 nitrogen and oxygen atoms in total. The maximum atomic E-state index is 13.5. The molecule has 2 aromatic carbocycles. The number of halogens is 2. The number of hydrogen-bond acceptors (Lipinski definition) is 2. The standard InChI is InChI=1S/C12H9F2NO2S/c13-9-3-6-11(12(14)7-9)8-1-4-10(5-2-8)18(15,16)17/h1-7H,(H2,15,16,17). The lowest BCUT2D eigenvalue weighted by molar-refractivity contribution is 0.585. The van der Waals surface area contributed by atoms with E-state index in [0.717, 1.165) is 12.1 Å². The molecule has 0 aliphatic heterocycles. The number of nitrogens with two attached hydrogens (primary N) is 1. The van der Waals surface area contributed by atoms with Crippen molar-refractivity contribution in [3.63, 3.8) is 0 Å². The van der Waals surface area contributed by atoms with Gasteiger partial charge in [-0.3, -0.25) is 0 Å². The van der Waals surface area contributed by atoms with Gasteiger partial charge in [-0.05, 0) is 29.8 Å². The summed E-state index contributed by atoms with van der Waals surface area (Å²) < 4.78 is 48.3. The molecule has 0 amide bonds. The zero-order valence-electron chi connectivity index (χ0n) is 9.10. The van der Waals surface area contributed by atoms with Crippen molar-refractivity contribution >= 4 is 10.0 Å². The highest BCUT2D eigenvalue weighted by Gasteiger charge is 2.10. The first-order valence-corrected chi connectivity index (χ1v) is 6.51. The van der Waals surface area contributed by atoms with Gasteiger partial charge in [0.05, 0.1) is 4.90 Å². The molecule has 0 spiro atoms. The summed E-state index contributed by atoms with van der Waals surface area (Å²) in [7, 11) is -3.77. The van der Waals surface area contributed by atoms with Gasteiger partial charge in [0.1, 0.15) is 11.6 Å². The molecule has 0 fully saturated rings. The molecule has 18 heavy (non-hydrogen) atoms. The van der Waals surface area contributed by atoms with Crippen molar-refractivity contribution in [2.24, 2.45) is 5.14 Å². The SMILES string of the molecule is NS(=O)(=O)c1ccc(-c2ccc(F)cc2F)cc1. The Bertz CT molecular complexity index is 682. The smallest absolute Gasteiger partial charge is 0.225 e. The van der Waals surface area contributed by atoms with Crippen LogP contribution in [-0.4, -0.2) is 8.42 Å². The fraction of sp³-hybridized carbons (Fsp3) is 0. The molecule has 0 saturated heterocycles. The van der Waals surface area contributed by atoms with E-state index in [1.807, 2.05) is 0 Å². The molecular weight excluding hydrogens is 260 g/mol. The third-order valence-electron chi connectivity index (χ3n) is 2.42. The third-order valence-corrected chi connectivity index (χ3v) is 3.35. The number of benzene rings is 2. The average Bonchev–Trinajstić information content (AvgIpc) is 2.28. The molecule has 0 aromatic heterocycles. The van der Waals surface area contributed by atoms with E-state index in [1.165, 1.54) is 30.3 Å². The highest BCUT2D eigenvalue weighted by molar-refractivity contribution is 7.89. The van der Waals surface area contributed by atoms with Gasteiger partial charge in [0.2, 0.25) is 10.0 Å². The van der Waals surface area contributed by atoms with Crippen LogP contribution < -0.4 is 5.14 Å². The Morgan fingerprint density at radius 2 is 1.56 bits per heavy atom. The van der Waals surface area contributed by atoms with Crippen LogP contribution in [0, 0.1) is 11.6 Å². The number of hydrogen-bond donors (Lipinski definition) is 1. The molecule has 0 heterocycles. The summed E-state index contributed by atoms with van der Waals surface area (Å²) in [4.78, 5) is -0.0613. The number of sulfonamides is 1. The molecule has 0 bridgehead atoms. The van der Waals surface area contributed by atoms with Crippen molar-refractivity contribution < 1.29 is 17.2 Å². The summed E-state index contributed by atoms with van der Waals surface area (Å²) in [6.45, 7) is 0. The van der Waals surface area contributed by atoms with Crippen LogP contribution in [0.2, 0.25) is 0 Å². The first kappa shape index (κ1) is 12.7. The number of rotatable bonds is 2. The topological polar surface area (TPSA) is 60.2 Å². The quantitative estimate of drug-likeness (QED) is 0.909. The fourth-order valence-corrected chi connectivity index (χ4v) is 2.06. The minimum absolute atomic E-state index is 0.0613. The van der Waals surface area contributed by atoms with Crippen LogP contribution in [0.3, 0.4) is 0 Å². The van der Waals surface area contributed by atoms with Gasteiger partial charge in [0.25, 0.3) is 0 Å². The Kier molecular flexibility index (Phi) is 3.14. The second kappa shape index (κ2) is 4.47. The van der Waals surface area contributed by atoms with Crippen LogP contribution in [0.5, 0.6) is 0 Å². The summed E-state index contributed by atoms with van der Waals surface area (Å²) in [5.41, 5.74) is 0.636. The van der Waals surface area contributed by atoms with E-state index in [9.17, 15) is 17.2 Å². The van der Waals surface area contributed by atoms with E-state index in [-0.39, 0.29) is 10.5 Å². The summed E-state index contributed by atoms with van der Waals surface area (Å²) in [6, 6.07) is 8.55. The highest BCUT2D eigenvalue weighted by atomic mass is 32.2. The van der Waals surface area contributed by atoms with E-state index in [2.05, 4.69) is 0 Å². The Balaban J connectivity index is 2.47. The van der Waals surface area contributed by atoms with Crippen LogP contribution in [0.4, 0.5) is 8.78 Å². The zero-order chi connectivity index (χ0) is 13.3. The molecule has 0 aliphatic carbocycles. The molecule has 2 N–H and O–H groups in total. The second-order valence-corrected chi connectivity index (χ2v) is 5.25. The van der Waals surface area contributed by atoms with Crippen LogP contribution in [0.25, 0.3) is 11.1 Å². The Morgan fingerprint density at radius 3 is 2.06 bits per heavy atom. The van der Waals surface area contributed by atoms with Gasteiger partial charge >= 0.3 is 0 Å². The summed E-state index contributed by atoms with van der Waals surface area (Å²) in [6.07, 6.45) is 0. The lowest BCUT2D eigenvalue weighted by Crippen LogP contribution is -2.11. The zero-order valence-corrected chi connectivity index (χ0v) is 9.92. The largest absolute Gasteiger partial charge is 0.238 e. The van der Waals surface area contributed by atoms with Gasteiger partial charge in [-0.1, -0.05) is 12.1 Å². The van der Waals surface area contributed by atoms with Crippen LogP contribution in [-0.2, 0) is 10.0 Å². The van der Waals surface area contributed by atoms with E-state index in [1.54, 1.807) is 0 Å². The van der Waals surface area contributed by atoms with E-state index < -0.39 is 21.7 Å². The van der Waals surface area contributed by atoms with E-state index >= 15 is 0 Å². The molecule has 0 aliphatic rings. The highest BCUT2D eigenvalue weighted by Crippen LogP contribution is 2.24. The van der Waals surface area contributed by atoms with Crippen molar-refractivity contribution in [3.05, 3.63) is 54.1 Å². The first-order chi connectivity index (χ1) is 8.38. The Morgan fingerprint density at radius 1 is 0.944 bits per heavy atom. The third kappa shape index (κ3) is 2.55. The molecule has 0 atom stereocenters. The minimum Gasteiger partial charge on any atom is -0.225 e. The molecule has 0 radical (unpaired) electrons. The van der Waals surface area contributed by atoms with Gasteiger partial charge in [-0.2, -0.15) is 0 Å². The van der Waals surface area contributed by atoms with Crippen LogP contribution in [0.1, 0.15) is 0 Å². The predicted octanol–water partition coefficient (Wildman–Crippen LogP) is 2.28. The van der Waals surface area contributed by atoms with Gasteiger partial charge in [0.15, 0.2) is 0 Å². The van der Waals surface area contributed by atoms with Crippen molar-refractivity contribution in [1.82, 2.24) is 0 Å². The van der Waals surface area contributed by atoms with Gasteiger partial charge in [-0.15, -0.1) is 0 Å². The molecule has 94 valence electrons. The van der Waals surface area contributed by atoms with Crippen LogP contribution in [0.15, 0.2) is 47.4 Å². The summed E-state index contributed by atoms with van der Waals surface area (Å²) in [5.74, 6) is -1.38.